The molecule has 0 radical (unpaired) electrons. The van der Waals surface area contributed by atoms with E-state index in [1.165, 1.54) is 126 Å². The Morgan fingerprint density at radius 2 is 1.00 bits per heavy atom. The van der Waals surface area contributed by atoms with Gasteiger partial charge in [-0.2, -0.15) is 0 Å². The van der Waals surface area contributed by atoms with Gasteiger partial charge in [-0.3, -0.25) is 0 Å². The van der Waals surface area contributed by atoms with E-state index in [0.717, 1.165) is 12.8 Å². The van der Waals surface area contributed by atoms with Crippen LogP contribution in [0.5, 0.6) is 0 Å². The Hall–Kier alpha value is -6.44. The van der Waals surface area contributed by atoms with Crippen LogP contribution in [-0.4, -0.2) is 0 Å². The van der Waals surface area contributed by atoms with Gasteiger partial charge in [0.25, 0.3) is 0 Å². The van der Waals surface area contributed by atoms with Crippen molar-refractivity contribution >= 4 is 17.1 Å². The van der Waals surface area contributed by atoms with Gasteiger partial charge in [0.1, 0.15) is 0 Å². The monoisotopic (exact) mass is 815 g/mol. The van der Waals surface area contributed by atoms with E-state index in [0.29, 0.717) is 0 Å². The van der Waals surface area contributed by atoms with E-state index in [4.69, 9.17) is 0 Å². The lowest BCUT2D eigenvalue weighted by Crippen LogP contribution is -2.34. The maximum Gasteiger partial charge on any atom is 0.0714 e. The summed E-state index contributed by atoms with van der Waals surface area (Å²) < 4.78 is 0. The van der Waals surface area contributed by atoms with Gasteiger partial charge in [-0.05, 0) is 171 Å². The molecule has 3 aliphatic rings. The van der Waals surface area contributed by atoms with Gasteiger partial charge in [-0.1, -0.05) is 173 Å². The molecule has 0 bridgehead atoms. The molecule has 0 amide bonds. The molecule has 0 fully saturated rings. The van der Waals surface area contributed by atoms with Gasteiger partial charge in [0.2, 0.25) is 0 Å². The Morgan fingerprint density at radius 3 is 1.68 bits per heavy atom. The summed E-state index contributed by atoms with van der Waals surface area (Å²) in [6.07, 6.45) is 7.01. The van der Waals surface area contributed by atoms with Gasteiger partial charge in [0.15, 0.2) is 0 Å². The van der Waals surface area contributed by atoms with Crippen LogP contribution in [0.25, 0.3) is 33.4 Å². The highest BCUT2D eigenvalue weighted by atomic mass is 15.1. The molecule has 1 heteroatoms. The molecule has 3 aliphatic carbocycles. The third-order valence-electron chi connectivity index (χ3n) is 15.1. The number of aryl methyl sites for hydroxylation is 2. The molecule has 0 saturated carbocycles. The molecule has 0 spiro atoms. The highest BCUT2D eigenvalue weighted by Gasteiger charge is 2.47. The summed E-state index contributed by atoms with van der Waals surface area (Å²) in [5.74, 6) is 0. The molecule has 0 saturated heterocycles. The molecule has 11 rings (SSSR count). The fourth-order valence-electron chi connectivity index (χ4n) is 11.7. The summed E-state index contributed by atoms with van der Waals surface area (Å²) in [5, 5.41) is 0. The van der Waals surface area contributed by atoms with E-state index in [-0.39, 0.29) is 10.8 Å². The molecular formula is C62H57N. The van der Waals surface area contributed by atoms with Crippen LogP contribution < -0.4 is 4.90 Å². The lowest BCUT2D eigenvalue weighted by molar-refractivity contribution is 0.332. The summed E-state index contributed by atoms with van der Waals surface area (Å²) in [7, 11) is 0. The van der Waals surface area contributed by atoms with Gasteiger partial charge < -0.3 is 4.90 Å². The summed E-state index contributed by atoms with van der Waals surface area (Å²) in [4.78, 5) is 2.65. The second-order valence-electron chi connectivity index (χ2n) is 19.8. The highest BCUT2D eigenvalue weighted by molar-refractivity contribution is 5.98. The fraction of sp³-hybridized carbons (Fsp3) is 0.226. The van der Waals surface area contributed by atoms with E-state index in [1.54, 1.807) is 0 Å². The second-order valence-corrected chi connectivity index (χ2v) is 19.8. The maximum absolute atomic E-state index is 2.65. The van der Waals surface area contributed by atoms with E-state index in [1.807, 2.05) is 0 Å². The van der Waals surface area contributed by atoms with Gasteiger partial charge in [-0.15, -0.1) is 0 Å². The Kier molecular flexibility index (Phi) is 9.46. The number of nitrogens with zero attached hydrogens (tertiary/aromatic N) is 1. The summed E-state index contributed by atoms with van der Waals surface area (Å²) in [6.45, 7) is 12.2. The molecule has 0 N–H and O–H groups in total. The molecule has 1 nitrogen and oxygen atoms in total. The number of hydrogen-bond acceptors (Lipinski definition) is 1. The SMILES string of the molecule is Cc1cc2c(cc1-c1cc3c(cc1N(c1ccc(-c4ccccc4)cc1)c1cccc4c1CCCC4)C(c1ccccc1)(c1ccccc1)c1ccccc1-3)C(C)(C)CCC2(C)C. The summed E-state index contributed by atoms with van der Waals surface area (Å²) in [6, 6.07) is 69.4. The van der Waals surface area contributed by atoms with E-state index >= 15 is 0 Å². The third kappa shape index (κ3) is 6.34. The van der Waals surface area contributed by atoms with Crippen molar-refractivity contribution in [3.8, 4) is 33.4 Å². The topological polar surface area (TPSA) is 3.24 Å². The molecule has 310 valence electrons. The minimum atomic E-state index is -0.530. The largest absolute Gasteiger partial charge is 0.310 e. The van der Waals surface area contributed by atoms with Crippen LogP contribution >= 0.6 is 0 Å². The normalized spacial score (nSPS) is 16.3. The predicted molar refractivity (Wildman–Crippen MR) is 266 cm³/mol. The zero-order chi connectivity index (χ0) is 42.9. The van der Waals surface area contributed by atoms with Crippen molar-refractivity contribution < 1.29 is 0 Å². The van der Waals surface area contributed by atoms with Crippen molar-refractivity contribution in [2.45, 2.75) is 89.4 Å². The number of anilines is 3. The van der Waals surface area contributed by atoms with E-state index in [2.05, 4.69) is 222 Å². The molecule has 0 unspecified atom stereocenters. The third-order valence-corrected chi connectivity index (χ3v) is 15.1. The van der Waals surface area contributed by atoms with Crippen molar-refractivity contribution in [2.24, 2.45) is 0 Å². The average molecular weight is 816 g/mol. The van der Waals surface area contributed by atoms with Crippen molar-refractivity contribution in [3.05, 3.63) is 232 Å². The lowest BCUT2D eigenvalue weighted by atomic mass is 9.62. The van der Waals surface area contributed by atoms with Crippen LogP contribution in [0.15, 0.2) is 182 Å². The van der Waals surface area contributed by atoms with Crippen LogP contribution in [0.1, 0.15) is 103 Å². The van der Waals surface area contributed by atoms with Crippen LogP contribution in [0, 0.1) is 6.92 Å². The fourth-order valence-corrected chi connectivity index (χ4v) is 11.7. The van der Waals surface area contributed by atoms with Gasteiger partial charge in [-0.25, -0.2) is 0 Å². The zero-order valence-electron chi connectivity index (χ0n) is 37.5. The summed E-state index contributed by atoms with van der Waals surface area (Å²) in [5.41, 5.74) is 23.5. The molecule has 0 heterocycles. The second kappa shape index (κ2) is 15.1. The maximum atomic E-state index is 2.65. The number of benzene rings is 8. The van der Waals surface area contributed by atoms with Crippen molar-refractivity contribution in [1.29, 1.82) is 0 Å². The number of fused-ring (bicyclic) bond motifs is 5. The molecule has 0 atom stereocenters. The van der Waals surface area contributed by atoms with Gasteiger partial charge in [0.05, 0.1) is 11.1 Å². The molecule has 8 aromatic carbocycles. The average Bonchev–Trinajstić information content (AvgIpc) is 3.61. The molecule has 63 heavy (non-hydrogen) atoms. The lowest BCUT2D eigenvalue weighted by Gasteiger charge is -2.42. The number of rotatable bonds is 7. The van der Waals surface area contributed by atoms with Crippen LogP contribution in [0.3, 0.4) is 0 Å². The molecule has 8 aromatic rings. The zero-order valence-corrected chi connectivity index (χ0v) is 37.5. The first kappa shape index (κ1) is 39.4. The standard InChI is InChI=1S/C62H57N/c1-42-38-56-57(61(4,5)37-36-60(56,2)3)40-51(42)53-39-52-50-29-17-18-30-54(50)62(46-24-11-7-12-25-46,47-26-13-8-14-27-47)55(52)41-59(53)63(58-31-19-23-45-22-15-16-28-49(45)58)48-34-32-44(33-35-48)43-20-9-6-10-21-43/h6-14,17-21,23-27,29-35,38-41H,15-16,22,28,36-37H2,1-5H3. The minimum absolute atomic E-state index is 0.0675. The Balaban J connectivity index is 1.27. The first-order valence-corrected chi connectivity index (χ1v) is 23.3. The predicted octanol–water partition coefficient (Wildman–Crippen LogP) is 16.4. The minimum Gasteiger partial charge on any atom is -0.310 e. The van der Waals surface area contributed by atoms with Crippen molar-refractivity contribution in [1.82, 2.24) is 0 Å². The quantitative estimate of drug-likeness (QED) is 0.155. The smallest absolute Gasteiger partial charge is 0.0714 e. The highest BCUT2D eigenvalue weighted by Crippen LogP contribution is 2.60. The van der Waals surface area contributed by atoms with E-state index < -0.39 is 5.41 Å². The summed E-state index contributed by atoms with van der Waals surface area (Å²) >= 11 is 0. The Bertz CT molecular complexity index is 2950. The molecule has 0 aliphatic heterocycles. The molecular weight excluding hydrogens is 759 g/mol. The first-order chi connectivity index (χ1) is 30.6. The van der Waals surface area contributed by atoms with Crippen LogP contribution in [-0.2, 0) is 29.1 Å². The Labute approximate surface area is 375 Å². The van der Waals surface area contributed by atoms with E-state index in [9.17, 15) is 0 Å². The Morgan fingerprint density at radius 1 is 0.413 bits per heavy atom. The van der Waals surface area contributed by atoms with Crippen LogP contribution in [0.4, 0.5) is 17.1 Å². The first-order valence-electron chi connectivity index (χ1n) is 23.3. The molecule has 0 aromatic heterocycles. The number of hydrogen-bond donors (Lipinski definition) is 0. The van der Waals surface area contributed by atoms with Crippen molar-refractivity contribution in [2.75, 3.05) is 4.90 Å². The van der Waals surface area contributed by atoms with Gasteiger partial charge in [0, 0.05) is 16.9 Å². The van der Waals surface area contributed by atoms with Crippen LogP contribution in [0.2, 0.25) is 0 Å². The van der Waals surface area contributed by atoms with Gasteiger partial charge >= 0.3 is 0 Å². The van der Waals surface area contributed by atoms with Crippen molar-refractivity contribution in [3.63, 3.8) is 0 Å².